The van der Waals surface area contributed by atoms with Crippen LogP contribution < -0.4 is 20.9 Å². The van der Waals surface area contributed by atoms with Gasteiger partial charge in [0.2, 0.25) is 0 Å². The Bertz CT molecular complexity index is 1530. The second kappa shape index (κ2) is 13.1. The molecule has 0 unspecified atom stereocenters. The molecule has 7 rings (SSSR count). The summed E-state index contributed by atoms with van der Waals surface area (Å²) in [7, 11) is 2.22. The highest BCUT2D eigenvalue weighted by Gasteiger charge is 2.47. The molecule has 6 heterocycles. The van der Waals surface area contributed by atoms with Crippen molar-refractivity contribution in [2.24, 2.45) is 5.73 Å². The van der Waals surface area contributed by atoms with Crippen molar-refractivity contribution in [1.29, 1.82) is 0 Å². The summed E-state index contributed by atoms with van der Waals surface area (Å²) in [6, 6.07) is 11.0. The summed E-state index contributed by atoms with van der Waals surface area (Å²) < 4.78 is 5.71. The molecule has 0 saturated carbocycles. The Kier molecular flexibility index (Phi) is 8.80. The highest BCUT2D eigenvalue weighted by atomic mass is 16.5. The maximum Gasteiger partial charge on any atom is 0.271 e. The Hall–Kier alpha value is -3.80. The molecule has 0 aliphatic carbocycles. The maximum atomic E-state index is 12.8. The van der Waals surface area contributed by atoms with Crippen LogP contribution in [0.1, 0.15) is 55.1 Å². The van der Waals surface area contributed by atoms with Gasteiger partial charge in [-0.3, -0.25) is 14.7 Å². The zero-order valence-corrected chi connectivity index (χ0v) is 27.2. The standard InChI is InChI=1S/C35H47N9O2/c1-3-25-24-27(4-5-29(25)43-15-8-28(9-16-43)42-20-18-41(2)19-21-42)38-33-31(32(36)45)39-30(26-6-13-37-14-7-26)34(40-33)44-17-10-35(44)11-22-46-23-12-35/h4-7,13-14,24,28H,3,8-12,15-23H2,1-2H3,(H2,36,45)(H,38,40). The molecule has 4 aliphatic heterocycles. The van der Waals surface area contributed by atoms with Crippen LogP contribution in [0.4, 0.5) is 23.0 Å². The number of hydrogen-bond donors (Lipinski definition) is 2. The summed E-state index contributed by atoms with van der Waals surface area (Å²) >= 11 is 0. The molecule has 46 heavy (non-hydrogen) atoms. The molecule has 2 aromatic heterocycles. The number of pyridine rings is 1. The van der Waals surface area contributed by atoms with E-state index in [9.17, 15) is 4.79 Å². The lowest BCUT2D eigenvalue weighted by molar-refractivity contribution is 0.0285. The van der Waals surface area contributed by atoms with Crippen LogP contribution in [0, 0.1) is 0 Å². The Labute approximate surface area is 272 Å². The fourth-order valence-corrected chi connectivity index (χ4v) is 7.77. The molecule has 0 bridgehead atoms. The minimum absolute atomic E-state index is 0.00491. The number of nitrogens with zero attached hydrogens (tertiary/aromatic N) is 7. The van der Waals surface area contributed by atoms with Crippen LogP contribution in [0.2, 0.25) is 0 Å². The molecule has 0 radical (unpaired) electrons. The van der Waals surface area contributed by atoms with Crippen LogP contribution in [0.25, 0.3) is 11.3 Å². The normalized spacial score (nSPS) is 20.9. The molecule has 244 valence electrons. The fraction of sp³-hybridized carbons (Fsp3) is 0.543. The zero-order chi connectivity index (χ0) is 31.7. The van der Waals surface area contributed by atoms with Gasteiger partial charge in [-0.2, -0.15) is 0 Å². The molecular formula is C35H47N9O2. The molecule has 1 amide bonds. The molecular weight excluding hydrogens is 578 g/mol. The number of primary amides is 1. The number of rotatable bonds is 8. The Morgan fingerprint density at radius 2 is 1.72 bits per heavy atom. The van der Waals surface area contributed by atoms with Crippen LogP contribution in [-0.2, 0) is 11.2 Å². The van der Waals surface area contributed by atoms with Gasteiger partial charge in [-0.1, -0.05) is 6.92 Å². The van der Waals surface area contributed by atoms with Gasteiger partial charge in [0.05, 0.1) is 0 Å². The summed E-state index contributed by atoms with van der Waals surface area (Å²) in [5.41, 5.74) is 11.0. The topological polar surface area (TPSA) is 116 Å². The number of hydrogen-bond acceptors (Lipinski definition) is 10. The van der Waals surface area contributed by atoms with E-state index in [4.69, 9.17) is 20.4 Å². The van der Waals surface area contributed by atoms with E-state index >= 15 is 0 Å². The molecule has 0 atom stereocenters. The molecule has 3 aromatic rings. The highest BCUT2D eigenvalue weighted by Crippen LogP contribution is 2.45. The van der Waals surface area contributed by atoms with E-state index in [1.54, 1.807) is 12.4 Å². The van der Waals surface area contributed by atoms with Gasteiger partial charge in [-0.05, 0) is 81.5 Å². The number of anilines is 4. The number of piperidine rings is 1. The van der Waals surface area contributed by atoms with Gasteiger partial charge in [0, 0.05) is 99.9 Å². The van der Waals surface area contributed by atoms with E-state index in [0.717, 1.165) is 75.6 Å². The van der Waals surface area contributed by atoms with Crippen LogP contribution >= 0.6 is 0 Å². The minimum atomic E-state index is -0.614. The van der Waals surface area contributed by atoms with E-state index in [-0.39, 0.29) is 11.2 Å². The number of nitrogens with two attached hydrogens (primary N) is 1. The van der Waals surface area contributed by atoms with Gasteiger partial charge in [0.1, 0.15) is 5.69 Å². The predicted molar refractivity (Wildman–Crippen MR) is 182 cm³/mol. The van der Waals surface area contributed by atoms with Gasteiger partial charge < -0.3 is 30.5 Å². The Morgan fingerprint density at radius 3 is 2.37 bits per heavy atom. The number of aryl methyl sites for hydroxylation is 1. The van der Waals surface area contributed by atoms with E-state index in [2.05, 4.69) is 62.1 Å². The second-order valence-corrected chi connectivity index (χ2v) is 13.3. The van der Waals surface area contributed by atoms with Crippen LogP contribution in [-0.4, -0.2) is 108 Å². The SMILES string of the molecule is CCc1cc(Nc2nc(N3CCC34CCOCC4)c(-c3ccncc3)nc2C(N)=O)ccc1N1CCC(N2CCN(C)CC2)CC1. The third-order valence-corrected chi connectivity index (χ3v) is 10.7. The first-order valence-corrected chi connectivity index (χ1v) is 17.0. The molecule has 11 heteroatoms. The largest absolute Gasteiger partial charge is 0.381 e. The lowest BCUT2D eigenvalue weighted by Gasteiger charge is -2.55. The minimum Gasteiger partial charge on any atom is -0.381 e. The number of likely N-dealkylation sites (N-methyl/N-ethyl adjacent to an activating group) is 1. The number of benzene rings is 1. The maximum absolute atomic E-state index is 12.8. The highest BCUT2D eigenvalue weighted by molar-refractivity contribution is 5.98. The molecule has 3 N–H and O–H groups in total. The number of amides is 1. The number of nitrogens with one attached hydrogen (secondary N) is 1. The summed E-state index contributed by atoms with van der Waals surface area (Å²) in [5, 5.41) is 3.46. The van der Waals surface area contributed by atoms with Gasteiger partial charge in [-0.15, -0.1) is 0 Å². The van der Waals surface area contributed by atoms with Gasteiger partial charge >= 0.3 is 0 Å². The summed E-state index contributed by atoms with van der Waals surface area (Å²) in [5.74, 6) is 0.538. The summed E-state index contributed by atoms with van der Waals surface area (Å²) in [4.78, 5) is 37.1. The second-order valence-electron chi connectivity index (χ2n) is 13.3. The van der Waals surface area contributed by atoms with E-state index in [1.807, 2.05) is 12.1 Å². The zero-order valence-electron chi connectivity index (χ0n) is 27.2. The van der Waals surface area contributed by atoms with Crippen LogP contribution in [0.15, 0.2) is 42.7 Å². The molecule has 4 saturated heterocycles. The van der Waals surface area contributed by atoms with Crippen molar-refractivity contribution >= 4 is 28.9 Å². The summed E-state index contributed by atoms with van der Waals surface area (Å²) in [6.45, 7) is 11.4. The Balaban J connectivity index is 1.16. The third kappa shape index (κ3) is 6.03. The fourth-order valence-electron chi connectivity index (χ4n) is 7.77. The van der Waals surface area contributed by atoms with Crippen molar-refractivity contribution in [3.05, 3.63) is 54.0 Å². The van der Waals surface area contributed by atoms with Crippen molar-refractivity contribution in [3.63, 3.8) is 0 Å². The molecule has 11 nitrogen and oxygen atoms in total. The number of carbonyl (C=O) groups is 1. The van der Waals surface area contributed by atoms with E-state index in [1.165, 1.54) is 50.3 Å². The molecule has 4 aliphatic rings. The van der Waals surface area contributed by atoms with Crippen molar-refractivity contribution in [1.82, 2.24) is 24.8 Å². The number of carbonyl (C=O) groups excluding carboxylic acids is 1. The van der Waals surface area contributed by atoms with E-state index in [0.29, 0.717) is 17.6 Å². The quantitative estimate of drug-likeness (QED) is 0.382. The predicted octanol–water partition coefficient (Wildman–Crippen LogP) is 3.92. The van der Waals surface area contributed by atoms with Gasteiger partial charge in [-0.25, -0.2) is 9.97 Å². The van der Waals surface area contributed by atoms with E-state index < -0.39 is 5.91 Å². The van der Waals surface area contributed by atoms with Gasteiger partial charge in [0.15, 0.2) is 17.3 Å². The van der Waals surface area contributed by atoms with Crippen LogP contribution in [0.5, 0.6) is 0 Å². The number of aromatic nitrogens is 3. The first-order valence-electron chi connectivity index (χ1n) is 17.0. The average Bonchev–Trinajstić information content (AvgIpc) is 3.09. The van der Waals surface area contributed by atoms with Crippen LogP contribution in [0.3, 0.4) is 0 Å². The monoisotopic (exact) mass is 625 g/mol. The number of piperazine rings is 1. The molecule has 1 aromatic carbocycles. The van der Waals surface area contributed by atoms with Crippen molar-refractivity contribution in [2.75, 3.05) is 81.2 Å². The number of ether oxygens (including phenoxy) is 1. The first kappa shape index (κ1) is 30.8. The lowest BCUT2D eigenvalue weighted by Crippen LogP contribution is -2.63. The first-order chi connectivity index (χ1) is 22.4. The average molecular weight is 626 g/mol. The lowest BCUT2D eigenvalue weighted by atomic mass is 9.77. The molecule has 1 spiro atoms. The van der Waals surface area contributed by atoms with Crippen molar-refractivity contribution < 1.29 is 9.53 Å². The van der Waals surface area contributed by atoms with Crippen molar-refractivity contribution in [3.8, 4) is 11.3 Å². The smallest absolute Gasteiger partial charge is 0.271 e. The third-order valence-electron chi connectivity index (χ3n) is 10.7. The van der Waals surface area contributed by atoms with Crippen molar-refractivity contribution in [2.45, 2.75) is 57.0 Å². The summed E-state index contributed by atoms with van der Waals surface area (Å²) in [6.07, 6.45) is 9.74. The Morgan fingerprint density at radius 1 is 0.978 bits per heavy atom. The van der Waals surface area contributed by atoms with Gasteiger partial charge in [0.25, 0.3) is 5.91 Å². The molecule has 4 fully saturated rings.